The van der Waals surface area contributed by atoms with Gasteiger partial charge in [0.15, 0.2) is 11.5 Å². The lowest BCUT2D eigenvalue weighted by Crippen LogP contribution is -1.99. The van der Waals surface area contributed by atoms with Crippen molar-refractivity contribution in [2.75, 3.05) is 26.7 Å². The third-order valence-corrected chi connectivity index (χ3v) is 3.22. The maximum absolute atomic E-state index is 7.12. The molecule has 0 spiro atoms. The number of rotatable bonds is 4. The van der Waals surface area contributed by atoms with Crippen molar-refractivity contribution < 1.29 is 19.7 Å². The van der Waals surface area contributed by atoms with Gasteiger partial charge in [0.05, 0.1) is 14.2 Å². The molecule has 124 valence electrons. The van der Waals surface area contributed by atoms with Gasteiger partial charge in [0, 0.05) is 17.3 Å². The number of nitrogens with two attached hydrogens (primary N) is 1. The standard InChI is InChI=1S/C17H19NO2.CH4O2/c1-4-13(12-8-6-5-7-9-12)14-10-16(19-2)17(20-3)11-15(14)18;2-1-3/h4-11H,18H2,1-3H3;2-3H,1H2/b13-4+;. The van der Waals surface area contributed by atoms with E-state index in [-0.39, 0.29) is 0 Å². The summed E-state index contributed by atoms with van der Waals surface area (Å²) in [5, 5.41) is 14.2. The van der Waals surface area contributed by atoms with Crippen molar-refractivity contribution in [2.24, 2.45) is 0 Å². The highest BCUT2D eigenvalue weighted by molar-refractivity contribution is 5.86. The van der Waals surface area contributed by atoms with Crippen molar-refractivity contribution in [3.05, 3.63) is 59.7 Å². The van der Waals surface area contributed by atoms with E-state index in [1.54, 1.807) is 20.3 Å². The first-order valence-corrected chi connectivity index (χ1v) is 7.08. The highest BCUT2D eigenvalue weighted by atomic mass is 16.5. The molecule has 0 fully saturated rings. The summed E-state index contributed by atoms with van der Waals surface area (Å²) < 4.78 is 10.6. The molecule has 4 N–H and O–H groups in total. The van der Waals surface area contributed by atoms with Crippen LogP contribution in [0.1, 0.15) is 18.1 Å². The van der Waals surface area contributed by atoms with Crippen LogP contribution in [0.25, 0.3) is 5.57 Å². The third kappa shape index (κ3) is 4.74. The topological polar surface area (TPSA) is 84.9 Å². The number of allylic oxidation sites excluding steroid dienone is 1. The molecule has 0 bridgehead atoms. The Morgan fingerprint density at radius 1 is 1.04 bits per heavy atom. The Bertz CT molecular complexity index is 639. The average molecular weight is 317 g/mol. The van der Waals surface area contributed by atoms with Crippen molar-refractivity contribution in [2.45, 2.75) is 6.92 Å². The zero-order chi connectivity index (χ0) is 17.2. The van der Waals surface area contributed by atoms with Gasteiger partial charge in [-0.1, -0.05) is 36.4 Å². The highest BCUT2D eigenvalue weighted by Gasteiger charge is 2.13. The van der Waals surface area contributed by atoms with Gasteiger partial charge in [-0.2, -0.15) is 0 Å². The Hall–Kier alpha value is -2.50. The van der Waals surface area contributed by atoms with Crippen LogP contribution in [-0.2, 0) is 0 Å². The summed E-state index contributed by atoms with van der Waals surface area (Å²) in [6.07, 6.45) is 2.05. The summed E-state index contributed by atoms with van der Waals surface area (Å²) in [7, 11) is 3.22. The van der Waals surface area contributed by atoms with Crippen LogP contribution in [0.5, 0.6) is 11.5 Å². The molecule has 0 atom stereocenters. The molecule has 0 unspecified atom stereocenters. The van der Waals surface area contributed by atoms with E-state index in [0.717, 1.165) is 16.7 Å². The molecule has 0 saturated carbocycles. The van der Waals surface area contributed by atoms with Crippen LogP contribution in [0.3, 0.4) is 0 Å². The van der Waals surface area contributed by atoms with Crippen LogP contribution >= 0.6 is 0 Å². The van der Waals surface area contributed by atoms with Gasteiger partial charge >= 0.3 is 0 Å². The molecular formula is C18H23NO4. The molecule has 2 aromatic carbocycles. The Labute approximate surface area is 136 Å². The van der Waals surface area contributed by atoms with E-state index >= 15 is 0 Å². The molecule has 0 aliphatic carbocycles. The molecule has 2 aromatic rings. The number of hydrogen-bond donors (Lipinski definition) is 3. The lowest BCUT2D eigenvalue weighted by Gasteiger charge is -2.15. The quantitative estimate of drug-likeness (QED) is 0.596. The predicted molar refractivity (Wildman–Crippen MR) is 92.5 cm³/mol. The summed E-state index contributed by atoms with van der Waals surface area (Å²) >= 11 is 0. The summed E-state index contributed by atoms with van der Waals surface area (Å²) in [5.41, 5.74) is 9.96. The van der Waals surface area contributed by atoms with E-state index in [1.165, 1.54) is 0 Å². The van der Waals surface area contributed by atoms with Crippen molar-refractivity contribution in [1.29, 1.82) is 0 Å². The van der Waals surface area contributed by atoms with Crippen molar-refractivity contribution in [3.8, 4) is 11.5 Å². The smallest absolute Gasteiger partial charge is 0.162 e. The van der Waals surface area contributed by atoms with Crippen LogP contribution in [0, 0.1) is 0 Å². The fraction of sp³-hybridized carbons (Fsp3) is 0.222. The average Bonchev–Trinajstić information content (AvgIpc) is 2.58. The molecular weight excluding hydrogens is 294 g/mol. The Morgan fingerprint density at radius 2 is 1.57 bits per heavy atom. The molecule has 5 nitrogen and oxygen atoms in total. The Balaban J connectivity index is 0.000000816. The van der Waals surface area contributed by atoms with Crippen LogP contribution in [0.4, 0.5) is 5.69 Å². The monoisotopic (exact) mass is 317 g/mol. The fourth-order valence-electron chi connectivity index (χ4n) is 2.22. The van der Waals surface area contributed by atoms with Gasteiger partial charge in [0.25, 0.3) is 0 Å². The van der Waals surface area contributed by atoms with E-state index < -0.39 is 6.79 Å². The number of nitrogen functional groups attached to an aromatic ring is 1. The van der Waals surface area contributed by atoms with Crippen LogP contribution in [0.2, 0.25) is 0 Å². The molecule has 0 aliphatic rings. The van der Waals surface area contributed by atoms with E-state index in [0.29, 0.717) is 17.2 Å². The molecule has 0 saturated heterocycles. The molecule has 0 aromatic heterocycles. The predicted octanol–water partition coefficient (Wildman–Crippen LogP) is 2.67. The minimum atomic E-state index is -0.750. The first kappa shape index (κ1) is 18.5. The minimum Gasteiger partial charge on any atom is -0.493 e. The molecule has 5 heteroatoms. The normalized spacial score (nSPS) is 10.6. The first-order chi connectivity index (χ1) is 11.1. The second kappa shape index (κ2) is 9.50. The van der Waals surface area contributed by atoms with E-state index in [9.17, 15) is 0 Å². The van der Waals surface area contributed by atoms with Gasteiger partial charge < -0.3 is 25.4 Å². The Morgan fingerprint density at radius 3 is 2.04 bits per heavy atom. The molecule has 0 amide bonds. The molecule has 0 aliphatic heterocycles. The second-order valence-corrected chi connectivity index (χ2v) is 4.50. The molecule has 0 heterocycles. The van der Waals surface area contributed by atoms with Crippen molar-refractivity contribution in [3.63, 3.8) is 0 Å². The number of aliphatic hydroxyl groups excluding tert-OH is 1. The first-order valence-electron chi connectivity index (χ1n) is 7.08. The fourth-order valence-corrected chi connectivity index (χ4v) is 2.22. The highest BCUT2D eigenvalue weighted by Crippen LogP contribution is 2.37. The Kier molecular flexibility index (Phi) is 7.66. The summed E-state index contributed by atoms with van der Waals surface area (Å²) in [5.74, 6) is 1.31. The zero-order valence-electron chi connectivity index (χ0n) is 13.6. The van der Waals surface area contributed by atoms with Crippen LogP contribution in [0.15, 0.2) is 48.5 Å². The number of benzene rings is 2. The number of aliphatic hydroxyl groups is 2. The maximum Gasteiger partial charge on any atom is 0.162 e. The summed E-state index contributed by atoms with van der Waals surface area (Å²) in [6.45, 7) is 1.25. The van der Waals surface area contributed by atoms with Gasteiger partial charge in [0.2, 0.25) is 0 Å². The van der Waals surface area contributed by atoms with Gasteiger partial charge in [-0.15, -0.1) is 0 Å². The SMILES string of the molecule is C/C=C(\c1ccccc1)c1cc(OC)c(OC)cc1N.OCO. The lowest BCUT2D eigenvalue weighted by atomic mass is 9.96. The molecule has 23 heavy (non-hydrogen) atoms. The van der Waals surface area contributed by atoms with Crippen LogP contribution < -0.4 is 15.2 Å². The maximum atomic E-state index is 7.12. The van der Waals surface area contributed by atoms with E-state index in [1.807, 2.05) is 37.3 Å². The number of ether oxygens (including phenoxy) is 2. The minimum absolute atomic E-state index is 0.636. The van der Waals surface area contributed by atoms with Gasteiger partial charge in [-0.25, -0.2) is 0 Å². The largest absolute Gasteiger partial charge is 0.493 e. The zero-order valence-corrected chi connectivity index (χ0v) is 13.6. The van der Waals surface area contributed by atoms with Crippen molar-refractivity contribution in [1.82, 2.24) is 0 Å². The van der Waals surface area contributed by atoms with Gasteiger partial charge in [-0.3, -0.25) is 0 Å². The van der Waals surface area contributed by atoms with Crippen molar-refractivity contribution >= 4 is 11.3 Å². The summed E-state index contributed by atoms with van der Waals surface area (Å²) in [4.78, 5) is 0. The van der Waals surface area contributed by atoms with Crippen LogP contribution in [-0.4, -0.2) is 31.2 Å². The van der Waals surface area contributed by atoms with E-state index in [2.05, 4.69) is 12.1 Å². The second-order valence-electron chi connectivity index (χ2n) is 4.50. The lowest BCUT2D eigenvalue weighted by molar-refractivity contribution is 0.0773. The molecule has 2 rings (SSSR count). The third-order valence-electron chi connectivity index (χ3n) is 3.22. The van der Waals surface area contributed by atoms with Gasteiger partial charge in [0.1, 0.15) is 6.79 Å². The van der Waals surface area contributed by atoms with E-state index in [4.69, 9.17) is 25.4 Å². The summed E-state index contributed by atoms with van der Waals surface area (Å²) in [6, 6.07) is 13.8. The number of methoxy groups -OCH3 is 2. The van der Waals surface area contributed by atoms with Gasteiger partial charge in [-0.05, 0) is 24.1 Å². The number of anilines is 1. The number of hydrogen-bond acceptors (Lipinski definition) is 5. The molecule has 0 radical (unpaired) electrons.